The Kier molecular flexibility index (Phi) is 3.94. The first-order chi connectivity index (χ1) is 7.75. The van der Waals surface area contributed by atoms with Gasteiger partial charge in [-0.2, -0.15) is 0 Å². The maximum absolute atomic E-state index is 4.37. The normalized spacial score (nSPS) is 25.2. The molecule has 0 N–H and O–H groups in total. The predicted octanol–water partition coefficient (Wildman–Crippen LogP) is 2.74. The van der Waals surface area contributed by atoms with Crippen molar-refractivity contribution in [2.75, 3.05) is 13.6 Å². The van der Waals surface area contributed by atoms with Crippen LogP contribution >= 0.6 is 0 Å². The molecule has 2 rings (SSSR count). The first-order valence-corrected chi connectivity index (χ1v) is 6.36. The Hall–Kier alpha value is -0.890. The molecular weight excluding hydrogens is 196 g/mol. The van der Waals surface area contributed by atoms with Crippen molar-refractivity contribution in [1.82, 2.24) is 9.88 Å². The molecule has 1 aliphatic carbocycles. The summed E-state index contributed by atoms with van der Waals surface area (Å²) in [6.07, 6.45) is 7.10. The van der Waals surface area contributed by atoms with Gasteiger partial charge in [0.05, 0.1) is 0 Å². The zero-order chi connectivity index (χ0) is 11.4. The topological polar surface area (TPSA) is 16.1 Å². The second kappa shape index (κ2) is 5.44. The van der Waals surface area contributed by atoms with Crippen molar-refractivity contribution in [3.63, 3.8) is 0 Å². The van der Waals surface area contributed by atoms with Crippen LogP contribution in [0.15, 0.2) is 24.4 Å². The molecule has 0 saturated heterocycles. The Morgan fingerprint density at radius 3 is 2.88 bits per heavy atom. The Morgan fingerprint density at radius 2 is 2.25 bits per heavy atom. The summed E-state index contributed by atoms with van der Waals surface area (Å²) in [6.45, 7) is 3.50. The van der Waals surface area contributed by atoms with Gasteiger partial charge in [0.2, 0.25) is 0 Å². The number of rotatable bonds is 4. The lowest BCUT2D eigenvalue weighted by molar-refractivity contribution is 0.243. The van der Waals surface area contributed by atoms with Crippen LogP contribution in [0.1, 0.15) is 31.9 Å². The van der Waals surface area contributed by atoms with E-state index in [1.165, 1.54) is 25.0 Å². The summed E-state index contributed by atoms with van der Waals surface area (Å²) >= 11 is 0. The molecule has 16 heavy (non-hydrogen) atoms. The summed E-state index contributed by atoms with van der Waals surface area (Å²) in [5, 5.41) is 0. The predicted molar refractivity (Wildman–Crippen MR) is 67.4 cm³/mol. The molecule has 0 aromatic carbocycles. The lowest BCUT2D eigenvalue weighted by Gasteiger charge is -2.24. The fraction of sp³-hybridized carbons (Fsp3) is 0.643. The molecule has 1 heterocycles. The number of pyridine rings is 1. The minimum Gasteiger partial charge on any atom is -0.303 e. The molecule has 0 unspecified atom stereocenters. The van der Waals surface area contributed by atoms with E-state index in [1.54, 1.807) is 0 Å². The lowest BCUT2D eigenvalue weighted by Crippen LogP contribution is -2.31. The van der Waals surface area contributed by atoms with Gasteiger partial charge in [-0.25, -0.2) is 0 Å². The molecule has 1 fully saturated rings. The number of hydrogen-bond donors (Lipinski definition) is 0. The molecule has 1 saturated carbocycles. The van der Waals surface area contributed by atoms with Gasteiger partial charge in [-0.3, -0.25) is 4.98 Å². The third kappa shape index (κ3) is 3.05. The van der Waals surface area contributed by atoms with Crippen molar-refractivity contribution >= 4 is 0 Å². The van der Waals surface area contributed by atoms with Gasteiger partial charge in [0.1, 0.15) is 0 Å². The number of nitrogens with zero attached hydrogens (tertiary/aromatic N) is 2. The van der Waals surface area contributed by atoms with Crippen molar-refractivity contribution in [2.24, 2.45) is 5.92 Å². The van der Waals surface area contributed by atoms with E-state index < -0.39 is 0 Å². The van der Waals surface area contributed by atoms with Crippen LogP contribution in [0.25, 0.3) is 0 Å². The molecular formula is C14H22N2. The second-order valence-corrected chi connectivity index (χ2v) is 5.12. The van der Waals surface area contributed by atoms with Gasteiger partial charge in [0.15, 0.2) is 0 Å². The van der Waals surface area contributed by atoms with Gasteiger partial charge in [-0.15, -0.1) is 0 Å². The lowest BCUT2D eigenvalue weighted by atomic mass is 10.1. The van der Waals surface area contributed by atoms with Crippen LogP contribution in [-0.4, -0.2) is 29.5 Å². The van der Waals surface area contributed by atoms with Crippen LogP contribution in [0, 0.1) is 5.92 Å². The Labute approximate surface area is 98.7 Å². The van der Waals surface area contributed by atoms with E-state index in [9.17, 15) is 0 Å². The summed E-state index contributed by atoms with van der Waals surface area (Å²) in [5.41, 5.74) is 1.21. The summed E-state index contributed by atoms with van der Waals surface area (Å²) in [6, 6.07) is 6.97. The maximum Gasteiger partial charge on any atom is 0.0416 e. The smallest absolute Gasteiger partial charge is 0.0416 e. The fourth-order valence-corrected chi connectivity index (χ4v) is 2.60. The molecule has 2 heteroatoms. The van der Waals surface area contributed by atoms with E-state index in [2.05, 4.69) is 36.0 Å². The number of hydrogen-bond acceptors (Lipinski definition) is 2. The highest BCUT2D eigenvalue weighted by atomic mass is 15.1. The zero-order valence-electron chi connectivity index (χ0n) is 10.4. The van der Waals surface area contributed by atoms with E-state index in [0.717, 1.165) is 24.9 Å². The van der Waals surface area contributed by atoms with Gasteiger partial charge < -0.3 is 4.90 Å². The molecule has 1 aliphatic rings. The largest absolute Gasteiger partial charge is 0.303 e. The van der Waals surface area contributed by atoms with Crippen LogP contribution in [0.5, 0.6) is 0 Å². The Bertz CT molecular complexity index is 310. The minimum absolute atomic E-state index is 0.804. The summed E-state index contributed by atoms with van der Waals surface area (Å²) in [5.74, 6) is 0.919. The van der Waals surface area contributed by atoms with Gasteiger partial charge >= 0.3 is 0 Å². The summed E-state index contributed by atoms with van der Waals surface area (Å²) in [4.78, 5) is 6.88. The van der Waals surface area contributed by atoms with Crippen LogP contribution in [0.4, 0.5) is 0 Å². The Morgan fingerprint density at radius 1 is 1.38 bits per heavy atom. The maximum atomic E-state index is 4.37. The van der Waals surface area contributed by atoms with Gasteiger partial charge in [-0.1, -0.05) is 13.0 Å². The van der Waals surface area contributed by atoms with Crippen molar-refractivity contribution in [2.45, 2.75) is 38.6 Å². The first-order valence-electron chi connectivity index (χ1n) is 6.36. The first kappa shape index (κ1) is 11.6. The van der Waals surface area contributed by atoms with E-state index in [4.69, 9.17) is 0 Å². The highest BCUT2D eigenvalue weighted by Gasteiger charge is 2.24. The zero-order valence-corrected chi connectivity index (χ0v) is 10.4. The quantitative estimate of drug-likeness (QED) is 0.772. The summed E-state index contributed by atoms with van der Waals surface area (Å²) < 4.78 is 0. The molecule has 2 atom stereocenters. The second-order valence-electron chi connectivity index (χ2n) is 5.12. The molecule has 88 valence electrons. The monoisotopic (exact) mass is 218 g/mol. The van der Waals surface area contributed by atoms with Crippen LogP contribution in [0.3, 0.4) is 0 Å². The van der Waals surface area contributed by atoms with Gasteiger partial charge in [-0.05, 0) is 44.4 Å². The number of likely N-dealkylation sites (N-methyl/N-ethyl adjacent to an activating group) is 1. The molecule has 0 radical (unpaired) electrons. The molecule has 0 bridgehead atoms. The van der Waals surface area contributed by atoms with Crippen molar-refractivity contribution in [3.8, 4) is 0 Å². The molecule has 1 aromatic rings. The SMILES string of the molecule is C[C@H]1CC[C@@H](N(C)CCc2ccccn2)C1. The van der Waals surface area contributed by atoms with Crippen LogP contribution < -0.4 is 0 Å². The van der Waals surface area contributed by atoms with E-state index in [1.807, 2.05) is 12.3 Å². The highest BCUT2D eigenvalue weighted by molar-refractivity contribution is 5.03. The van der Waals surface area contributed by atoms with E-state index in [-0.39, 0.29) is 0 Å². The van der Waals surface area contributed by atoms with Crippen LogP contribution in [0.2, 0.25) is 0 Å². The molecule has 2 nitrogen and oxygen atoms in total. The average molecular weight is 218 g/mol. The van der Waals surface area contributed by atoms with Gasteiger partial charge in [0.25, 0.3) is 0 Å². The minimum atomic E-state index is 0.804. The standard InChI is InChI=1S/C14H22N2/c1-12-6-7-14(11-12)16(2)10-8-13-5-3-4-9-15-13/h3-5,9,12,14H,6-8,10-11H2,1-2H3/t12-,14+/m0/s1. The molecule has 0 spiro atoms. The van der Waals surface area contributed by atoms with Crippen LogP contribution in [-0.2, 0) is 6.42 Å². The van der Waals surface area contributed by atoms with Crippen molar-refractivity contribution in [1.29, 1.82) is 0 Å². The van der Waals surface area contributed by atoms with E-state index >= 15 is 0 Å². The van der Waals surface area contributed by atoms with Gasteiger partial charge in [0, 0.05) is 30.9 Å². The third-order valence-electron chi connectivity index (χ3n) is 3.74. The van der Waals surface area contributed by atoms with E-state index in [0.29, 0.717) is 0 Å². The van der Waals surface area contributed by atoms with Crippen molar-refractivity contribution < 1.29 is 0 Å². The third-order valence-corrected chi connectivity index (χ3v) is 3.74. The molecule has 0 amide bonds. The fourth-order valence-electron chi connectivity index (χ4n) is 2.60. The number of aromatic nitrogens is 1. The Balaban J connectivity index is 1.78. The highest BCUT2D eigenvalue weighted by Crippen LogP contribution is 2.27. The average Bonchev–Trinajstić information content (AvgIpc) is 2.74. The summed E-state index contributed by atoms with van der Waals surface area (Å²) in [7, 11) is 2.26. The van der Waals surface area contributed by atoms with Crippen molar-refractivity contribution in [3.05, 3.63) is 30.1 Å². The molecule has 1 aromatic heterocycles. The molecule has 0 aliphatic heterocycles.